The Morgan fingerprint density at radius 3 is 3.16 bits per heavy atom. The minimum Gasteiger partial charge on any atom is -0.481 e. The molecule has 19 heavy (non-hydrogen) atoms. The van der Waals surface area contributed by atoms with Crippen LogP contribution in [0.15, 0.2) is 4.52 Å². The third-order valence-electron chi connectivity index (χ3n) is 2.97. The predicted octanol–water partition coefficient (Wildman–Crippen LogP) is 0.698. The fourth-order valence-corrected chi connectivity index (χ4v) is 2.11. The fourth-order valence-electron chi connectivity index (χ4n) is 2.11. The standard InChI is InChI=1S/C12H19N3O4/c1-2-3-10-13-11(19-14-10)8-15-4-5-18-9(7-15)6-12(16)17/h9H,2-8H2,1H3,(H,16,17). The van der Waals surface area contributed by atoms with Crippen LogP contribution in [0.25, 0.3) is 0 Å². The third kappa shape index (κ3) is 4.29. The minimum atomic E-state index is -0.838. The van der Waals surface area contributed by atoms with E-state index in [0.717, 1.165) is 25.2 Å². The molecule has 1 aromatic heterocycles. The molecule has 1 unspecified atom stereocenters. The largest absolute Gasteiger partial charge is 0.481 e. The van der Waals surface area contributed by atoms with Crippen LogP contribution in [-0.4, -0.2) is 51.9 Å². The maximum absolute atomic E-state index is 10.7. The van der Waals surface area contributed by atoms with Gasteiger partial charge < -0.3 is 14.4 Å². The average Bonchev–Trinajstić information content (AvgIpc) is 2.76. The monoisotopic (exact) mass is 269 g/mol. The van der Waals surface area contributed by atoms with Crippen LogP contribution < -0.4 is 0 Å². The van der Waals surface area contributed by atoms with E-state index in [1.54, 1.807) is 0 Å². The Bertz CT molecular complexity index is 421. The number of rotatable bonds is 6. The number of aryl methyl sites for hydroxylation is 1. The predicted molar refractivity (Wildman–Crippen MR) is 65.6 cm³/mol. The lowest BCUT2D eigenvalue weighted by atomic mass is 10.2. The summed E-state index contributed by atoms with van der Waals surface area (Å²) >= 11 is 0. The van der Waals surface area contributed by atoms with Crippen molar-refractivity contribution in [3.8, 4) is 0 Å². The van der Waals surface area contributed by atoms with E-state index in [-0.39, 0.29) is 12.5 Å². The summed E-state index contributed by atoms with van der Waals surface area (Å²) < 4.78 is 10.6. The summed E-state index contributed by atoms with van der Waals surface area (Å²) in [7, 11) is 0. The molecule has 2 rings (SSSR count). The molecule has 7 nitrogen and oxygen atoms in total. The van der Waals surface area contributed by atoms with Crippen LogP contribution in [0.4, 0.5) is 0 Å². The molecule has 0 spiro atoms. The first-order valence-electron chi connectivity index (χ1n) is 6.54. The van der Waals surface area contributed by atoms with Crippen LogP contribution in [0.1, 0.15) is 31.5 Å². The Balaban J connectivity index is 1.85. The third-order valence-corrected chi connectivity index (χ3v) is 2.97. The van der Waals surface area contributed by atoms with Crippen LogP contribution in [0.2, 0.25) is 0 Å². The Morgan fingerprint density at radius 1 is 1.58 bits per heavy atom. The summed E-state index contributed by atoms with van der Waals surface area (Å²) in [6, 6.07) is 0. The number of carbonyl (C=O) groups is 1. The second kappa shape index (κ2) is 6.63. The first-order chi connectivity index (χ1) is 9.17. The van der Waals surface area contributed by atoms with Gasteiger partial charge in [0.1, 0.15) is 0 Å². The van der Waals surface area contributed by atoms with Gasteiger partial charge in [-0.2, -0.15) is 4.98 Å². The van der Waals surface area contributed by atoms with Crippen LogP contribution in [0.3, 0.4) is 0 Å². The highest BCUT2D eigenvalue weighted by Crippen LogP contribution is 2.12. The normalized spacial score (nSPS) is 20.6. The quantitative estimate of drug-likeness (QED) is 0.813. The second-order valence-corrected chi connectivity index (χ2v) is 4.68. The van der Waals surface area contributed by atoms with Gasteiger partial charge in [-0.3, -0.25) is 9.69 Å². The second-order valence-electron chi connectivity index (χ2n) is 4.68. The Labute approximate surface area is 111 Å². The Morgan fingerprint density at radius 2 is 2.42 bits per heavy atom. The van der Waals surface area contributed by atoms with Crippen LogP contribution in [0.5, 0.6) is 0 Å². The molecule has 1 N–H and O–H groups in total. The summed E-state index contributed by atoms with van der Waals surface area (Å²) in [5.41, 5.74) is 0. The van der Waals surface area contributed by atoms with Gasteiger partial charge in [-0.05, 0) is 6.42 Å². The number of morpholine rings is 1. The zero-order valence-corrected chi connectivity index (χ0v) is 11.0. The van der Waals surface area contributed by atoms with Crippen molar-refractivity contribution >= 4 is 5.97 Å². The van der Waals surface area contributed by atoms with E-state index in [1.807, 2.05) is 0 Å². The van der Waals surface area contributed by atoms with Crippen molar-refractivity contribution in [2.24, 2.45) is 0 Å². The molecule has 0 aliphatic carbocycles. The van der Waals surface area contributed by atoms with Crippen molar-refractivity contribution in [1.82, 2.24) is 15.0 Å². The number of carboxylic acid groups (broad SMARTS) is 1. The minimum absolute atomic E-state index is 0.0292. The molecule has 1 aromatic rings. The molecule has 0 bridgehead atoms. The first kappa shape index (κ1) is 14.0. The number of hydrogen-bond donors (Lipinski definition) is 1. The van der Waals surface area contributed by atoms with Gasteiger partial charge in [0.2, 0.25) is 5.89 Å². The van der Waals surface area contributed by atoms with E-state index >= 15 is 0 Å². The summed E-state index contributed by atoms with van der Waals surface area (Å²) in [6.07, 6.45) is 1.57. The van der Waals surface area contributed by atoms with Gasteiger partial charge in [-0.1, -0.05) is 12.1 Å². The van der Waals surface area contributed by atoms with E-state index in [2.05, 4.69) is 22.0 Å². The van der Waals surface area contributed by atoms with E-state index in [4.69, 9.17) is 14.4 Å². The molecular weight excluding hydrogens is 250 g/mol. The number of hydrogen-bond acceptors (Lipinski definition) is 6. The zero-order chi connectivity index (χ0) is 13.7. The number of aromatic nitrogens is 2. The van der Waals surface area contributed by atoms with Gasteiger partial charge in [0.25, 0.3) is 0 Å². The number of aliphatic carboxylic acids is 1. The van der Waals surface area contributed by atoms with Crippen LogP contribution in [-0.2, 0) is 22.5 Å². The van der Waals surface area contributed by atoms with E-state index in [1.165, 1.54) is 0 Å². The fraction of sp³-hybridized carbons (Fsp3) is 0.750. The van der Waals surface area contributed by atoms with Crippen molar-refractivity contribution in [2.75, 3.05) is 19.7 Å². The average molecular weight is 269 g/mol. The number of ether oxygens (including phenoxy) is 1. The summed E-state index contributed by atoms with van der Waals surface area (Å²) in [5.74, 6) is 0.474. The molecule has 1 saturated heterocycles. The molecule has 1 atom stereocenters. The van der Waals surface area contributed by atoms with Crippen molar-refractivity contribution < 1.29 is 19.2 Å². The highest BCUT2D eigenvalue weighted by atomic mass is 16.5. The van der Waals surface area contributed by atoms with Gasteiger partial charge in [0, 0.05) is 19.5 Å². The molecule has 0 radical (unpaired) electrons. The molecule has 1 aliphatic heterocycles. The topological polar surface area (TPSA) is 88.7 Å². The molecule has 106 valence electrons. The van der Waals surface area contributed by atoms with Crippen molar-refractivity contribution in [3.05, 3.63) is 11.7 Å². The number of nitrogens with zero attached hydrogens (tertiary/aromatic N) is 3. The summed E-state index contributed by atoms with van der Waals surface area (Å²) in [6.45, 7) is 4.48. The highest BCUT2D eigenvalue weighted by Gasteiger charge is 2.24. The zero-order valence-electron chi connectivity index (χ0n) is 11.0. The van der Waals surface area contributed by atoms with Crippen molar-refractivity contribution in [2.45, 2.75) is 38.8 Å². The van der Waals surface area contributed by atoms with Gasteiger partial charge in [0.15, 0.2) is 5.82 Å². The maximum Gasteiger partial charge on any atom is 0.306 e. The molecule has 2 heterocycles. The van der Waals surface area contributed by atoms with E-state index in [9.17, 15) is 4.79 Å². The molecule has 0 aromatic carbocycles. The lowest BCUT2D eigenvalue weighted by Gasteiger charge is -2.31. The summed E-state index contributed by atoms with van der Waals surface area (Å²) in [4.78, 5) is 17.1. The van der Waals surface area contributed by atoms with Gasteiger partial charge in [0.05, 0.1) is 25.7 Å². The first-order valence-corrected chi connectivity index (χ1v) is 6.54. The Hall–Kier alpha value is -1.47. The molecule has 7 heteroatoms. The van der Waals surface area contributed by atoms with Gasteiger partial charge >= 0.3 is 5.97 Å². The van der Waals surface area contributed by atoms with Gasteiger partial charge in [-0.25, -0.2) is 0 Å². The van der Waals surface area contributed by atoms with E-state index in [0.29, 0.717) is 25.6 Å². The summed E-state index contributed by atoms with van der Waals surface area (Å²) in [5, 5.41) is 12.7. The molecule has 0 saturated carbocycles. The lowest BCUT2D eigenvalue weighted by molar-refractivity contribution is -0.142. The molecule has 0 amide bonds. The van der Waals surface area contributed by atoms with Crippen LogP contribution >= 0.6 is 0 Å². The number of carboxylic acids is 1. The molecular formula is C12H19N3O4. The van der Waals surface area contributed by atoms with Crippen LogP contribution in [0, 0.1) is 0 Å². The van der Waals surface area contributed by atoms with Crippen molar-refractivity contribution in [3.63, 3.8) is 0 Å². The maximum atomic E-state index is 10.7. The highest BCUT2D eigenvalue weighted by molar-refractivity contribution is 5.67. The Kier molecular flexibility index (Phi) is 4.86. The van der Waals surface area contributed by atoms with Crippen molar-refractivity contribution in [1.29, 1.82) is 0 Å². The molecule has 1 fully saturated rings. The van der Waals surface area contributed by atoms with E-state index < -0.39 is 5.97 Å². The lowest BCUT2D eigenvalue weighted by Crippen LogP contribution is -2.42. The smallest absolute Gasteiger partial charge is 0.306 e. The molecule has 1 aliphatic rings. The SMILES string of the molecule is CCCc1noc(CN2CCOC(CC(=O)O)C2)n1. The van der Waals surface area contributed by atoms with Gasteiger partial charge in [-0.15, -0.1) is 0 Å².